The zero-order valence-electron chi connectivity index (χ0n) is 10.9. The molecule has 0 unspecified atom stereocenters. The molecular formula is C15H18NO2-. The molecule has 1 aromatic heterocycles. The van der Waals surface area contributed by atoms with E-state index in [1.165, 1.54) is 22.2 Å². The highest BCUT2D eigenvalue weighted by atomic mass is 16.4. The predicted octanol–water partition coefficient (Wildman–Crippen LogP) is 2.18. The largest absolute Gasteiger partial charge is 0.550 e. The predicted molar refractivity (Wildman–Crippen MR) is 70.3 cm³/mol. The van der Waals surface area contributed by atoms with E-state index in [0.29, 0.717) is 6.42 Å². The average Bonchev–Trinajstić information content (AvgIpc) is 2.59. The Balaban J connectivity index is 2.12. The SMILES string of the molecule is Cc1ccc2c(c1)cc(C)n2CCCCC(=O)[O-]. The zero-order valence-corrected chi connectivity index (χ0v) is 10.9. The van der Waals surface area contributed by atoms with Crippen molar-refractivity contribution in [3.63, 3.8) is 0 Å². The molecule has 0 fully saturated rings. The molecule has 0 bridgehead atoms. The number of rotatable bonds is 5. The monoisotopic (exact) mass is 244 g/mol. The van der Waals surface area contributed by atoms with E-state index in [4.69, 9.17) is 0 Å². The zero-order chi connectivity index (χ0) is 13.1. The lowest BCUT2D eigenvalue weighted by atomic mass is 10.2. The Morgan fingerprint density at radius 1 is 1.22 bits per heavy atom. The highest BCUT2D eigenvalue weighted by Gasteiger charge is 2.05. The molecule has 0 amide bonds. The summed E-state index contributed by atoms with van der Waals surface area (Å²) in [5, 5.41) is 11.6. The third kappa shape index (κ3) is 2.73. The maximum atomic E-state index is 10.4. The summed E-state index contributed by atoms with van der Waals surface area (Å²) in [6.07, 6.45) is 1.69. The van der Waals surface area contributed by atoms with Crippen molar-refractivity contribution < 1.29 is 9.90 Å². The quantitative estimate of drug-likeness (QED) is 0.757. The first-order valence-electron chi connectivity index (χ1n) is 6.34. The molecule has 3 heteroatoms. The van der Waals surface area contributed by atoms with Gasteiger partial charge in [-0.1, -0.05) is 11.6 Å². The van der Waals surface area contributed by atoms with Gasteiger partial charge in [0.15, 0.2) is 0 Å². The van der Waals surface area contributed by atoms with E-state index in [1.54, 1.807) is 0 Å². The molecule has 0 aliphatic rings. The number of aryl methyl sites for hydroxylation is 3. The van der Waals surface area contributed by atoms with Crippen molar-refractivity contribution in [3.05, 3.63) is 35.5 Å². The fourth-order valence-corrected chi connectivity index (χ4v) is 2.36. The molecule has 2 rings (SSSR count). The maximum Gasteiger partial charge on any atom is 0.0482 e. The number of unbranched alkanes of at least 4 members (excludes halogenated alkanes) is 1. The topological polar surface area (TPSA) is 45.1 Å². The van der Waals surface area contributed by atoms with Gasteiger partial charge < -0.3 is 14.5 Å². The van der Waals surface area contributed by atoms with E-state index < -0.39 is 5.97 Å². The number of fused-ring (bicyclic) bond motifs is 1. The first kappa shape index (κ1) is 12.7. The third-order valence-corrected chi connectivity index (χ3v) is 3.28. The molecule has 18 heavy (non-hydrogen) atoms. The summed E-state index contributed by atoms with van der Waals surface area (Å²) in [6.45, 7) is 5.05. The molecule has 0 aliphatic heterocycles. The van der Waals surface area contributed by atoms with Crippen molar-refractivity contribution >= 4 is 16.9 Å². The molecule has 96 valence electrons. The first-order chi connectivity index (χ1) is 8.58. The van der Waals surface area contributed by atoms with E-state index in [2.05, 4.69) is 42.7 Å². The van der Waals surface area contributed by atoms with Gasteiger partial charge in [0.25, 0.3) is 0 Å². The van der Waals surface area contributed by atoms with E-state index in [1.807, 2.05) is 0 Å². The van der Waals surface area contributed by atoms with Crippen LogP contribution in [0.2, 0.25) is 0 Å². The Kier molecular flexibility index (Phi) is 3.70. The number of aromatic nitrogens is 1. The molecule has 0 saturated carbocycles. The highest BCUT2D eigenvalue weighted by Crippen LogP contribution is 2.21. The standard InChI is InChI=1S/C15H19NO2/c1-11-6-7-14-13(9-11)10-12(2)16(14)8-4-3-5-15(17)18/h6-7,9-10H,3-5,8H2,1-2H3,(H,17,18)/p-1. The van der Waals surface area contributed by atoms with Crippen LogP contribution in [0.25, 0.3) is 10.9 Å². The molecule has 3 nitrogen and oxygen atoms in total. The minimum absolute atomic E-state index is 0.150. The van der Waals surface area contributed by atoms with Gasteiger partial charge in [-0.15, -0.1) is 0 Å². The van der Waals surface area contributed by atoms with Crippen molar-refractivity contribution in [2.24, 2.45) is 0 Å². The van der Waals surface area contributed by atoms with E-state index in [0.717, 1.165) is 13.0 Å². The van der Waals surface area contributed by atoms with Crippen molar-refractivity contribution in [1.29, 1.82) is 0 Å². The Bertz CT molecular complexity index is 569. The summed E-state index contributed by atoms with van der Waals surface area (Å²) >= 11 is 0. The van der Waals surface area contributed by atoms with Gasteiger partial charge in [-0.25, -0.2) is 0 Å². The second kappa shape index (κ2) is 5.25. The lowest BCUT2D eigenvalue weighted by molar-refractivity contribution is -0.305. The summed E-state index contributed by atoms with van der Waals surface area (Å²) in [7, 11) is 0. The smallest absolute Gasteiger partial charge is 0.0482 e. The summed E-state index contributed by atoms with van der Waals surface area (Å²) in [5.41, 5.74) is 3.72. The number of nitrogens with zero attached hydrogens (tertiary/aromatic N) is 1. The Hall–Kier alpha value is -1.77. The normalized spacial score (nSPS) is 11.0. The minimum Gasteiger partial charge on any atom is -0.550 e. The number of carbonyl (C=O) groups is 1. The number of carbonyl (C=O) groups excluding carboxylic acids is 1. The first-order valence-corrected chi connectivity index (χ1v) is 6.34. The van der Waals surface area contributed by atoms with Gasteiger partial charge in [-0.2, -0.15) is 0 Å². The van der Waals surface area contributed by atoms with Gasteiger partial charge in [0.1, 0.15) is 0 Å². The molecule has 0 atom stereocenters. The van der Waals surface area contributed by atoms with Crippen LogP contribution in [0.5, 0.6) is 0 Å². The number of benzene rings is 1. The molecule has 0 radical (unpaired) electrons. The van der Waals surface area contributed by atoms with Crippen LogP contribution >= 0.6 is 0 Å². The molecular weight excluding hydrogens is 226 g/mol. The summed E-state index contributed by atoms with van der Waals surface area (Å²) in [5.74, 6) is -0.959. The maximum absolute atomic E-state index is 10.4. The minimum atomic E-state index is -0.959. The summed E-state index contributed by atoms with van der Waals surface area (Å²) in [6, 6.07) is 8.61. The van der Waals surface area contributed by atoms with Crippen LogP contribution < -0.4 is 5.11 Å². The van der Waals surface area contributed by atoms with Gasteiger partial charge in [0.2, 0.25) is 0 Å². The van der Waals surface area contributed by atoms with E-state index in [9.17, 15) is 9.90 Å². The molecule has 0 spiro atoms. The van der Waals surface area contributed by atoms with E-state index in [-0.39, 0.29) is 6.42 Å². The Morgan fingerprint density at radius 2 is 2.00 bits per heavy atom. The van der Waals surface area contributed by atoms with Crippen LogP contribution in [0, 0.1) is 13.8 Å². The van der Waals surface area contributed by atoms with Crippen LogP contribution in [-0.2, 0) is 11.3 Å². The van der Waals surface area contributed by atoms with Crippen LogP contribution in [0.1, 0.15) is 30.5 Å². The third-order valence-electron chi connectivity index (χ3n) is 3.28. The molecule has 2 aromatic rings. The van der Waals surface area contributed by atoms with Gasteiger partial charge in [0.05, 0.1) is 0 Å². The fourth-order valence-electron chi connectivity index (χ4n) is 2.36. The number of hydrogen-bond donors (Lipinski definition) is 0. The van der Waals surface area contributed by atoms with Crippen LogP contribution in [0.3, 0.4) is 0 Å². The van der Waals surface area contributed by atoms with Crippen molar-refractivity contribution in [1.82, 2.24) is 4.57 Å². The number of carboxylic acid groups (broad SMARTS) is 1. The molecule has 0 saturated heterocycles. The van der Waals surface area contributed by atoms with E-state index >= 15 is 0 Å². The molecule has 1 aromatic carbocycles. The fraction of sp³-hybridized carbons (Fsp3) is 0.400. The van der Waals surface area contributed by atoms with Crippen LogP contribution in [-0.4, -0.2) is 10.5 Å². The van der Waals surface area contributed by atoms with Gasteiger partial charge in [-0.3, -0.25) is 0 Å². The van der Waals surface area contributed by atoms with Crippen molar-refractivity contribution in [3.8, 4) is 0 Å². The average molecular weight is 244 g/mol. The van der Waals surface area contributed by atoms with Gasteiger partial charge in [0, 0.05) is 29.1 Å². The van der Waals surface area contributed by atoms with Gasteiger partial charge in [-0.05, 0) is 51.3 Å². The molecule has 1 heterocycles. The van der Waals surface area contributed by atoms with Crippen molar-refractivity contribution in [2.75, 3.05) is 0 Å². The van der Waals surface area contributed by atoms with Gasteiger partial charge >= 0.3 is 0 Å². The summed E-state index contributed by atoms with van der Waals surface area (Å²) < 4.78 is 2.25. The number of hydrogen-bond acceptors (Lipinski definition) is 2. The Labute approximate surface area is 107 Å². The second-order valence-corrected chi connectivity index (χ2v) is 4.83. The highest BCUT2D eigenvalue weighted by molar-refractivity contribution is 5.82. The Morgan fingerprint density at radius 3 is 2.72 bits per heavy atom. The van der Waals surface area contributed by atoms with Crippen LogP contribution in [0.15, 0.2) is 24.3 Å². The molecule has 0 aliphatic carbocycles. The number of carboxylic acids is 1. The number of aliphatic carboxylic acids is 1. The summed E-state index contributed by atoms with van der Waals surface area (Å²) in [4.78, 5) is 10.4. The lowest BCUT2D eigenvalue weighted by Crippen LogP contribution is -2.21. The van der Waals surface area contributed by atoms with Crippen molar-refractivity contribution in [2.45, 2.75) is 39.7 Å². The lowest BCUT2D eigenvalue weighted by Gasteiger charge is -2.08. The van der Waals surface area contributed by atoms with Crippen LogP contribution in [0.4, 0.5) is 0 Å². The second-order valence-electron chi connectivity index (χ2n) is 4.83. The molecule has 0 N–H and O–H groups in total.